The van der Waals surface area contributed by atoms with Crippen LogP contribution in [0.2, 0.25) is 0 Å². The first-order valence-corrected chi connectivity index (χ1v) is 8.08. The van der Waals surface area contributed by atoms with Gasteiger partial charge in [-0.1, -0.05) is 30.3 Å². The van der Waals surface area contributed by atoms with Crippen molar-refractivity contribution in [1.29, 1.82) is 0 Å². The second-order valence-corrected chi connectivity index (χ2v) is 5.63. The molecule has 3 rings (SSSR count). The number of hydrogen-bond acceptors (Lipinski definition) is 3. The molecule has 1 N–H and O–H groups in total. The highest BCUT2D eigenvalue weighted by Crippen LogP contribution is 2.37. The third kappa shape index (κ3) is 3.27. The van der Waals surface area contributed by atoms with Gasteiger partial charge in [0.2, 0.25) is 0 Å². The smallest absolute Gasteiger partial charge is 0.306 e. The number of rotatable bonds is 6. The van der Waals surface area contributed by atoms with Crippen molar-refractivity contribution in [3.8, 4) is 5.75 Å². The molecule has 1 heterocycles. The van der Waals surface area contributed by atoms with Crippen LogP contribution in [0.3, 0.4) is 0 Å². The first kappa shape index (κ1) is 16.1. The molecule has 24 heavy (non-hydrogen) atoms. The van der Waals surface area contributed by atoms with Crippen molar-refractivity contribution in [1.82, 2.24) is 4.98 Å². The zero-order chi connectivity index (χ0) is 16.9. The Bertz CT molecular complexity index is 823. The van der Waals surface area contributed by atoms with Gasteiger partial charge in [-0.3, -0.25) is 4.79 Å². The normalized spacial score (nSPS) is 12.1. The van der Waals surface area contributed by atoms with Crippen molar-refractivity contribution in [2.45, 2.75) is 19.3 Å². The van der Waals surface area contributed by atoms with Crippen molar-refractivity contribution in [2.75, 3.05) is 13.7 Å². The zero-order valence-corrected chi connectivity index (χ0v) is 13.9. The van der Waals surface area contributed by atoms with Gasteiger partial charge in [-0.25, -0.2) is 0 Å². The van der Waals surface area contributed by atoms with E-state index >= 15 is 0 Å². The van der Waals surface area contributed by atoms with E-state index in [0.717, 1.165) is 27.8 Å². The van der Waals surface area contributed by atoms with E-state index in [0.29, 0.717) is 6.61 Å². The van der Waals surface area contributed by atoms with Gasteiger partial charge < -0.3 is 14.5 Å². The molecule has 0 saturated carbocycles. The molecule has 0 spiro atoms. The molecule has 0 aliphatic carbocycles. The second-order valence-electron chi connectivity index (χ2n) is 5.63. The number of nitrogens with one attached hydrogen (secondary N) is 1. The van der Waals surface area contributed by atoms with Crippen LogP contribution >= 0.6 is 0 Å². The van der Waals surface area contributed by atoms with Crippen LogP contribution in [0.1, 0.15) is 30.4 Å². The van der Waals surface area contributed by atoms with E-state index in [1.807, 2.05) is 55.6 Å². The molecule has 4 nitrogen and oxygen atoms in total. The molecule has 1 aromatic heterocycles. The zero-order valence-electron chi connectivity index (χ0n) is 13.9. The fourth-order valence-corrected chi connectivity index (χ4v) is 3.02. The summed E-state index contributed by atoms with van der Waals surface area (Å²) in [5, 5.41) is 1.08. The van der Waals surface area contributed by atoms with Crippen LogP contribution < -0.4 is 4.74 Å². The van der Waals surface area contributed by atoms with Crippen molar-refractivity contribution >= 4 is 16.9 Å². The summed E-state index contributed by atoms with van der Waals surface area (Å²) in [5.74, 6) is 0.452. The number of benzene rings is 2. The summed E-state index contributed by atoms with van der Waals surface area (Å²) in [6.45, 7) is 2.20. The summed E-state index contributed by atoms with van der Waals surface area (Å²) in [7, 11) is 1.66. The maximum Gasteiger partial charge on any atom is 0.306 e. The molecule has 0 radical (unpaired) electrons. The van der Waals surface area contributed by atoms with Crippen molar-refractivity contribution in [3.05, 3.63) is 65.9 Å². The Morgan fingerprint density at radius 3 is 2.67 bits per heavy atom. The van der Waals surface area contributed by atoms with Gasteiger partial charge in [-0.15, -0.1) is 0 Å². The van der Waals surface area contributed by atoms with E-state index in [4.69, 9.17) is 9.47 Å². The molecular formula is C20H21NO3. The molecular weight excluding hydrogens is 302 g/mol. The topological polar surface area (TPSA) is 51.3 Å². The molecule has 0 aliphatic heterocycles. The molecule has 4 heteroatoms. The molecule has 1 atom stereocenters. The van der Waals surface area contributed by atoms with Gasteiger partial charge in [-0.2, -0.15) is 0 Å². The Balaban J connectivity index is 2.08. The van der Waals surface area contributed by atoms with Gasteiger partial charge >= 0.3 is 5.97 Å². The number of aromatic amines is 1. The number of carbonyl (C=O) groups is 1. The average Bonchev–Trinajstić information content (AvgIpc) is 3.07. The van der Waals surface area contributed by atoms with E-state index in [1.54, 1.807) is 7.11 Å². The van der Waals surface area contributed by atoms with Crippen LogP contribution in [0.25, 0.3) is 10.9 Å². The van der Waals surface area contributed by atoms with Crippen LogP contribution in [-0.2, 0) is 9.53 Å². The van der Waals surface area contributed by atoms with Crippen LogP contribution in [0, 0.1) is 0 Å². The lowest BCUT2D eigenvalue weighted by Gasteiger charge is -2.20. The molecule has 0 saturated heterocycles. The minimum Gasteiger partial charge on any atom is -0.496 e. The second kappa shape index (κ2) is 7.21. The van der Waals surface area contributed by atoms with E-state index in [1.165, 1.54) is 0 Å². The fourth-order valence-electron chi connectivity index (χ4n) is 3.02. The summed E-state index contributed by atoms with van der Waals surface area (Å²) in [6, 6.07) is 16.1. The SMILES string of the molecule is CCOC(=O)CC(c1ccccc1)c1cc2[nH]ccc2cc1OC. The van der Waals surface area contributed by atoms with Gasteiger partial charge in [-0.05, 0) is 30.7 Å². The molecule has 1 unspecified atom stereocenters. The number of carbonyl (C=O) groups excluding carboxylic acids is 1. The number of ether oxygens (including phenoxy) is 2. The highest BCUT2D eigenvalue weighted by Gasteiger charge is 2.23. The van der Waals surface area contributed by atoms with Gasteiger partial charge in [0.25, 0.3) is 0 Å². The predicted molar refractivity (Wildman–Crippen MR) is 94.4 cm³/mol. The van der Waals surface area contributed by atoms with Gasteiger partial charge in [0.15, 0.2) is 0 Å². The van der Waals surface area contributed by atoms with E-state index < -0.39 is 0 Å². The maximum absolute atomic E-state index is 12.1. The van der Waals surface area contributed by atoms with Crippen LogP contribution in [0.4, 0.5) is 0 Å². The minimum absolute atomic E-state index is 0.118. The standard InChI is InChI=1S/C20H21NO3/c1-3-24-20(22)13-16(14-7-5-4-6-8-14)17-12-18-15(9-10-21-18)11-19(17)23-2/h4-12,16,21H,3,13H2,1-2H3. The molecule has 0 fully saturated rings. The number of aromatic nitrogens is 1. The minimum atomic E-state index is -0.208. The molecule has 0 aliphatic rings. The fraction of sp³-hybridized carbons (Fsp3) is 0.250. The largest absolute Gasteiger partial charge is 0.496 e. The third-order valence-corrected chi connectivity index (χ3v) is 4.16. The Labute approximate surface area is 141 Å². The Hall–Kier alpha value is -2.75. The lowest BCUT2D eigenvalue weighted by Crippen LogP contribution is -2.12. The highest BCUT2D eigenvalue weighted by molar-refractivity contribution is 5.83. The summed E-state index contributed by atoms with van der Waals surface area (Å²) >= 11 is 0. The maximum atomic E-state index is 12.1. The van der Waals surface area contributed by atoms with Gasteiger partial charge in [0.1, 0.15) is 5.75 Å². The van der Waals surface area contributed by atoms with E-state index in [2.05, 4.69) is 11.1 Å². The Morgan fingerprint density at radius 2 is 1.96 bits per heavy atom. The van der Waals surface area contributed by atoms with E-state index in [-0.39, 0.29) is 18.3 Å². The quantitative estimate of drug-likeness (QED) is 0.690. The van der Waals surface area contributed by atoms with Crippen molar-refractivity contribution in [3.63, 3.8) is 0 Å². The van der Waals surface area contributed by atoms with Crippen molar-refractivity contribution < 1.29 is 14.3 Å². The lowest BCUT2D eigenvalue weighted by molar-refractivity contribution is -0.143. The summed E-state index contributed by atoms with van der Waals surface area (Å²) in [6.07, 6.45) is 2.18. The number of esters is 1. The number of H-pyrrole nitrogens is 1. The number of methoxy groups -OCH3 is 1. The molecule has 0 amide bonds. The first-order chi connectivity index (χ1) is 11.7. The predicted octanol–water partition coefficient (Wildman–Crippen LogP) is 4.26. The first-order valence-electron chi connectivity index (χ1n) is 8.08. The molecule has 0 bridgehead atoms. The van der Waals surface area contributed by atoms with Gasteiger partial charge in [0, 0.05) is 28.6 Å². The lowest BCUT2D eigenvalue weighted by atomic mass is 9.87. The Morgan fingerprint density at radius 1 is 1.17 bits per heavy atom. The summed E-state index contributed by atoms with van der Waals surface area (Å²) < 4.78 is 10.8. The van der Waals surface area contributed by atoms with Crippen molar-refractivity contribution in [2.24, 2.45) is 0 Å². The summed E-state index contributed by atoms with van der Waals surface area (Å²) in [5.41, 5.74) is 3.07. The Kier molecular flexibility index (Phi) is 4.85. The molecule has 3 aromatic rings. The highest BCUT2D eigenvalue weighted by atomic mass is 16.5. The average molecular weight is 323 g/mol. The van der Waals surface area contributed by atoms with Crippen LogP contribution in [0.5, 0.6) is 5.75 Å². The van der Waals surface area contributed by atoms with E-state index in [9.17, 15) is 4.79 Å². The third-order valence-electron chi connectivity index (χ3n) is 4.16. The number of hydrogen-bond donors (Lipinski definition) is 1. The van der Waals surface area contributed by atoms with Crippen LogP contribution in [0.15, 0.2) is 54.7 Å². The molecule has 2 aromatic carbocycles. The number of fused-ring (bicyclic) bond motifs is 1. The van der Waals surface area contributed by atoms with Gasteiger partial charge in [0.05, 0.1) is 20.1 Å². The van der Waals surface area contributed by atoms with Crippen LogP contribution in [-0.4, -0.2) is 24.7 Å². The molecule has 124 valence electrons. The monoisotopic (exact) mass is 323 g/mol. The summed E-state index contributed by atoms with van der Waals surface area (Å²) in [4.78, 5) is 15.4.